The number of likely N-dealkylation sites (tertiary alicyclic amines) is 1. The van der Waals surface area contributed by atoms with Gasteiger partial charge in [-0.15, -0.1) is 0 Å². The van der Waals surface area contributed by atoms with Crippen LogP contribution in [-0.4, -0.2) is 36.4 Å². The van der Waals surface area contributed by atoms with Crippen LogP contribution in [0.25, 0.3) is 0 Å². The molecule has 1 saturated heterocycles. The lowest BCUT2D eigenvalue weighted by atomic mass is 9.87. The number of hydrogen-bond donors (Lipinski definition) is 1. The summed E-state index contributed by atoms with van der Waals surface area (Å²) < 4.78 is 0. The molecule has 1 aliphatic heterocycles. The van der Waals surface area contributed by atoms with E-state index in [4.69, 9.17) is 0 Å². The van der Waals surface area contributed by atoms with Crippen molar-refractivity contribution < 1.29 is 9.90 Å². The first kappa shape index (κ1) is 12.3. The predicted molar refractivity (Wildman–Crippen MR) is 67.0 cm³/mol. The quantitative estimate of drug-likeness (QED) is 0.810. The summed E-state index contributed by atoms with van der Waals surface area (Å²) in [7, 11) is 2.11. The van der Waals surface area contributed by atoms with Crippen molar-refractivity contribution in [2.75, 3.05) is 20.1 Å². The maximum absolute atomic E-state index is 10.7. The first-order chi connectivity index (χ1) is 8.20. The van der Waals surface area contributed by atoms with Gasteiger partial charge in [0.2, 0.25) is 0 Å². The fourth-order valence-corrected chi connectivity index (χ4v) is 2.43. The maximum atomic E-state index is 10.7. The van der Waals surface area contributed by atoms with E-state index < -0.39 is 6.10 Å². The summed E-state index contributed by atoms with van der Waals surface area (Å²) in [5.41, 5.74) is 1.50. The molecule has 1 heterocycles. The lowest BCUT2D eigenvalue weighted by molar-refractivity contribution is 0.0657. The van der Waals surface area contributed by atoms with Gasteiger partial charge in [0.25, 0.3) is 0 Å². The van der Waals surface area contributed by atoms with E-state index in [-0.39, 0.29) is 0 Å². The number of aliphatic hydroxyl groups is 1. The van der Waals surface area contributed by atoms with Crippen LogP contribution in [0.4, 0.5) is 0 Å². The first-order valence-electron chi connectivity index (χ1n) is 6.12. The van der Waals surface area contributed by atoms with E-state index in [9.17, 15) is 9.90 Å². The van der Waals surface area contributed by atoms with Crippen LogP contribution in [0, 0.1) is 5.92 Å². The van der Waals surface area contributed by atoms with Crippen molar-refractivity contribution in [3.05, 3.63) is 35.4 Å². The van der Waals surface area contributed by atoms with E-state index in [1.807, 2.05) is 12.1 Å². The Bertz CT molecular complexity index is 384. The standard InChI is InChI=1S/C14H19NO2/c1-15-7-5-12(6-8-15)14(17)13-4-2-3-11(9-13)10-16/h2-4,9-10,12,14,17H,5-8H2,1H3. The van der Waals surface area contributed by atoms with E-state index in [1.54, 1.807) is 12.1 Å². The topological polar surface area (TPSA) is 40.5 Å². The Morgan fingerprint density at radius 2 is 2.12 bits per heavy atom. The van der Waals surface area contributed by atoms with Crippen molar-refractivity contribution in [2.45, 2.75) is 18.9 Å². The molecule has 1 aliphatic rings. The zero-order valence-corrected chi connectivity index (χ0v) is 10.2. The van der Waals surface area contributed by atoms with E-state index in [1.165, 1.54) is 0 Å². The summed E-state index contributed by atoms with van der Waals surface area (Å²) in [6.07, 6.45) is 2.42. The van der Waals surface area contributed by atoms with Gasteiger partial charge >= 0.3 is 0 Å². The van der Waals surface area contributed by atoms with Crippen LogP contribution in [0.2, 0.25) is 0 Å². The Hall–Kier alpha value is -1.19. The highest BCUT2D eigenvalue weighted by molar-refractivity contribution is 5.74. The van der Waals surface area contributed by atoms with Gasteiger partial charge in [0.1, 0.15) is 6.29 Å². The summed E-state index contributed by atoms with van der Waals surface area (Å²) in [4.78, 5) is 13.0. The molecule has 1 aromatic carbocycles. The molecule has 0 aromatic heterocycles. The van der Waals surface area contributed by atoms with Gasteiger partial charge in [-0.05, 0) is 50.5 Å². The van der Waals surface area contributed by atoms with Crippen molar-refractivity contribution in [1.82, 2.24) is 4.90 Å². The van der Waals surface area contributed by atoms with Gasteiger partial charge < -0.3 is 10.0 Å². The summed E-state index contributed by atoms with van der Waals surface area (Å²) in [5.74, 6) is 0.313. The van der Waals surface area contributed by atoms with Crippen molar-refractivity contribution in [2.24, 2.45) is 5.92 Å². The van der Waals surface area contributed by atoms with Crippen LogP contribution >= 0.6 is 0 Å². The molecule has 3 nitrogen and oxygen atoms in total. The van der Waals surface area contributed by atoms with Gasteiger partial charge in [-0.1, -0.05) is 18.2 Å². The van der Waals surface area contributed by atoms with E-state index in [0.29, 0.717) is 11.5 Å². The minimum absolute atomic E-state index is 0.313. The highest BCUT2D eigenvalue weighted by atomic mass is 16.3. The van der Waals surface area contributed by atoms with Crippen molar-refractivity contribution in [1.29, 1.82) is 0 Å². The van der Waals surface area contributed by atoms with Gasteiger partial charge in [0.05, 0.1) is 6.10 Å². The Morgan fingerprint density at radius 3 is 2.76 bits per heavy atom. The van der Waals surface area contributed by atoms with Crippen LogP contribution < -0.4 is 0 Å². The monoisotopic (exact) mass is 233 g/mol. The second-order valence-corrected chi connectivity index (χ2v) is 4.87. The molecular weight excluding hydrogens is 214 g/mol. The van der Waals surface area contributed by atoms with Gasteiger partial charge in [-0.2, -0.15) is 0 Å². The highest BCUT2D eigenvalue weighted by Gasteiger charge is 2.24. The summed E-state index contributed by atoms with van der Waals surface area (Å²) in [6.45, 7) is 2.07. The first-order valence-corrected chi connectivity index (χ1v) is 6.12. The number of piperidine rings is 1. The zero-order valence-electron chi connectivity index (χ0n) is 10.2. The molecule has 0 aliphatic carbocycles. The van der Waals surface area contributed by atoms with Gasteiger partial charge in [0, 0.05) is 5.56 Å². The van der Waals surface area contributed by atoms with Crippen LogP contribution in [0.3, 0.4) is 0 Å². The molecule has 92 valence electrons. The van der Waals surface area contributed by atoms with E-state index >= 15 is 0 Å². The molecule has 1 fully saturated rings. The fraction of sp³-hybridized carbons (Fsp3) is 0.500. The minimum Gasteiger partial charge on any atom is -0.388 e. The lowest BCUT2D eigenvalue weighted by Gasteiger charge is -2.32. The van der Waals surface area contributed by atoms with E-state index in [0.717, 1.165) is 37.8 Å². The van der Waals surface area contributed by atoms with Crippen LogP contribution in [-0.2, 0) is 0 Å². The second-order valence-electron chi connectivity index (χ2n) is 4.87. The minimum atomic E-state index is -0.441. The van der Waals surface area contributed by atoms with Gasteiger partial charge in [-0.25, -0.2) is 0 Å². The highest BCUT2D eigenvalue weighted by Crippen LogP contribution is 2.30. The molecule has 0 spiro atoms. The van der Waals surface area contributed by atoms with Crippen molar-refractivity contribution in [3.63, 3.8) is 0 Å². The molecule has 0 bridgehead atoms. The molecule has 17 heavy (non-hydrogen) atoms. The van der Waals surface area contributed by atoms with Crippen molar-refractivity contribution in [3.8, 4) is 0 Å². The number of aldehydes is 1. The Morgan fingerprint density at radius 1 is 1.41 bits per heavy atom. The molecule has 1 aromatic rings. The number of hydrogen-bond acceptors (Lipinski definition) is 3. The third-order valence-corrected chi connectivity index (χ3v) is 3.60. The van der Waals surface area contributed by atoms with Crippen LogP contribution in [0.5, 0.6) is 0 Å². The summed E-state index contributed by atoms with van der Waals surface area (Å²) in [6, 6.07) is 7.28. The number of nitrogens with zero attached hydrogens (tertiary/aromatic N) is 1. The summed E-state index contributed by atoms with van der Waals surface area (Å²) >= 11 is 0. The van der Waals surface area contributed by atoms with Crippen LogP contribution in [0.15, 0.2) is 24.3 Å². The smallest absolute Gasteiger partial charge is 0.150 e. The van der Waals surface area contributed by atoms with Crippen LogP contribution in [0.1, 0.15) is 34.9 Å². The normalized spacial score (nSPS) is 20.1. The second kappa shape index (κ2) is 5.43. The molecular formula is C14H19NO2. The molecule has 2 rings (SSSR count). The van der Waals surface area contributed by atoms with Gasteiger partial charge in [-0.3, -0.25) is 4.79 Å². The average molecular weight is 233 g/mol. The Kier molecular flexibility index (Phi) is 3.92. The number of carbonyl (C=O) groups excluding carboxylic acids is 1. The molecule has 1 unspecified atom stereocenters. The third-order valence-electron chi connectivity index (χ3n) is 3.60. The molecule has 0 saturated carbocycles. The molecule has 1 N–H and O–H groups in total. The number of rotatable bonds is 3. The van der Waals surface area contributed by atoms with Crippen molar-refractivity contribution >= 4 is 6.29 Å². The van der Waals surface area contributed by atoms with Gasteiger partial charge in [0.15, 0.2) is 0 Å². The Balaban J connectivity index is 2.08. The number of carbonyl (C=O) groups is 1. The fourth-order valence-electron chi connectivity index (χ4n) is 2.43. The third kappa shape index (κ3) is 2.93. The SMILES string of the molecule is CN1CCC(C(O)c2cccc(C=O)c2)CC1. The predicted octanol–water partition coefficient (Wildman–Crippen LogP) is 1.87. The molecule has 1 atom stereocenters. The Labute approximate surface area is 102 Å². The molecule has 0 amide bonds. The number of aliphatic hydroxyl groups excluding tert-OH is 1. The average Bonchev–Trinajstić information content (AvgIpc) is 2.39. The lowest BCUT2D eigenvalue weighted by Crippen LogP contribution is -2.32. The largest absolute Gasteiger partial charge is 0.388 e. The molecule has 0 radical (unpaired) electrons. The maximum Gasteiger partial charge on any atom is 0.150 e. The molecule has 3 heteroatoms. The summed E-state index contributed by atoms with van der Waals surface area (Å²) in [5, 5.41) is 10.3. The number of benzene rings is 1. The zero-order chi connectivity index (χ0) is 12.3. The van der Waals surface area contributed by atoms with E-state index in [2.05, 4.69) is 11.9 Å².